The normalized spacial score (nSPS) is 20.6. The van der Waals surface area contributed by atoms with Crippen LogP contribution in [0, 0.1) is 0 Å². The molecule has 0 bridgehead atoms. The molecule has 1 aliphatic rings. The molecule has 1 aliphatic heterocycles. The number of allylic oxidation sites excluding steroid dienone is 4. The van der Waals surface area contributed by atoms with Crippen molar-refractivity contribution in [2.45, 2.75) is 230 Å². The Kier molecular flexibility index (Phi) is 33.5. The van der Waals surface area contributed by atoms with Crippen molar-refractivity contribution in [1.82, 2.24) is 0 Å². The van der Waals surface area contributed by atoms with Crippen molar-refractivity contribution in [2.24, 2.45) is 0 Å². The van der Waals surface area contributed by atoms with E-state index in [1.54, 1.807) is 0 Å². The van der Waals surface area contributed by atoms with E-state index in [0.717, 1.165) is 57.8 Å². The number of rotatable bonds is 38. The quantitative estimate of drug-likeness (QED) is 0.0200. The number of carbonyl (C=O) groups excluding carboxylic acids is 2. The van der Waals surface area contributed by atoms with Crippen LogP contribution in [0.25, 0.3) is 0 Å². The molecule has 12 nitrogen and oxygen atoms in total. The minimum absolute atomic E-state index is 0.158. The van der Waals surface area contributed by atoms with Gasteiger partial charge in [0.05, 0.1) is 6.61 Å². The fourth-order valence-electron chi connectivity index (χ4n) is 6.90. The molecule has 0 aromatic carbocycles. The summed E-state index contributed by atoms with van der Waals surface area (Å²) in [5, 5.41) is 30.9. The van der Waals surface area contributed by atoms with E-state index in [1.807, 2.05) is 0 Å². The molecular formula is C45H82O12S. The average Bonchev–Trinajstić information content (AvgIpc) is 3.18. The lowest BCUT2D eigenvalue weighted by atomic mass is 10.00. The van der Waals surface area contributed by atoms with E-state index in [-0.39, 0.29) is 19.4 Å². The maximum absolute atomic E-state index is 12.8. The smallest absolute Gasteiger partial charge is 0.306 e. The summed E-state index contributed by atoms with van der Waals surface area (Å²) in [4.78, 5) is 25.4. The zero-order valence-electron chi connectivity index (χ0n) is 36.2. The van der Waals surface area contributed by atoms with Gasteiger partial charge in [-0.1, -0.05) is 141 Å². The predicted molar refractivity (Wildman–Crippen MR) is 229 cm³/mol. The van der Waals surface area contributed by atoms with Gasteiger partial charge in [0, 0.05) is 12.8 Å². The molecule has 0 saturated carbocycles. The molecule has 6 atom stereocenters. The number of aliphatic hydroxyl groups excluding tert-OH is 3. The van der Waals surface area contributed by atoms with Crippen molar-refractivity contribution in [1.29, 1.82) is 0 Å². The summed E-state index contributed by atoms with van der Waals surface area (Å²) >= 11 is 0. The highest BCUT2D eigenvalue weighted by molar-refractivity contribution is 7.85. The average molecular weight is 847 g/mol. The van der Waals surface area contributed by atoms with E-state index in [9.17, 15) is 37.9 Å². The van der Waals surface area contributed by atoms with Gasteiger partial charge in [-0.2, -0.15) is 8.42 Å². The van der Waals surface area contributed by atoms with Gasteiger partial charge >= 0.3 is 11.9 Å². The third kappa shape index (κ3) is 30.2. The highest BCUT2D eigenvalue weighted by atomic mass is 32.2. The molecule has 0 amide bonds. The number of aliphatic hydroxyl groups is 3. The SMILES string of the molecule is CCCCCC/C=C/CCCCCCCCCC(=O)O[C@H](COC(=O)CCCCC/C=C/CCCCCCCCCC)CO[C@H]1O[C@H](CS(=O)(=O)O)[C@@H](O)C(O)C1O. The van der Waals surface area contributed by atoms with Gasteiger partial charge in [0.25, 0.3) is 10.1 Å². The Balaban J connectivity index is 2.46. The van der Waals surface area contributed by atoms with Crippen molar-refractivity contribution in [3.8, 4) is 0 Å². The van der Waals surface area contributed by atoms with E-state index >= 15 is 0 Å². The van der Waals surface area contributed by atoms with Crippen molar-refractivity contribution in [3.63, 3.8) is 0 Å². The molecule has 1 heterocycles. The molecule has 340 valence electrons. The van der Waals surface area contributed by atoms with Crippen molar-refractivity contribution in [2.75, 3.05) is 19.0 Å². The van der Waals surface area contributed by atoms with Crippen LogP contribution in [0.4, 0.5) is 0 Å². The summed E-state index contributed by atoms with van der Waals surface area (Å²) in [5.41, 5.74) is 0. The second-order valence-electron chi connectivity index (χ2n) is 16.1. The molecule has 1 fully saturated rings. The van der Waals surface area contributed by atoms with E-state index in [2.05, 4.69) is 38.2 Å². The predicted octanol–water partition coefficient (Wildman–Crippen LogP) is 9.23. The van der Waals surface area contributed by atoms with E-state index in [1.165, 1.54) is 96.3 Å². The molecular weight excluding hydrogens is 765 g/mol. The minimum atomic E-state index is -4.60. The van der Waals surface area contributed by atoms with Gasteiger partial charge in [-0.05, 0) is 64.2 Å². The highest BCUT2D eigenvalue weighted by Gasteiger charge is 2.46. The first-order valence-electron chi connectivity index (χ1n) is 22.9. The summed E-state index contributed by atoms with van der Waals surface area (Å²) in [5.74, 6) is -2.00. The maximum atomic E-state index is 12.8. The molecule has 0 radical (unpaired) electrons. The molecule has 0 spiro atoms. The number of unbranched alkanes of at least 4 members (excludes halogenated alkanes) is 22. The van der Waals surface area contributed by atoms with Crippen LogP contribution in [-0.2, 0) is 38.7 Å². The first kappa shape index (κ1) is 54.1. The van der Waals surface area contributed by atoms with Gasteiger partial charge in [0.2, 0.25) is 0 Å². The number of hydrogen-bond acceptors (Lipinski definition) is 11. The number of carbonyl (C=O) groups is 2. The van der Waals surface area contributed by atoms with Gasteiger partial charge in [0.15, 0.2) is 12.4 Å². The second-order valence-corrected chi connectivity index (χ2v) is 17.6. The molecule has 4 N–H and O–H groups in total. The summed E-state index contributed by atoms with van der Waals surface area (Å²) in [6, 6.07) is 0. The molecule has 2 unspecified atom stereocenters. The number of ether oxygens (including phenoxy) is 4. The number of hydrogen-bond donors (Lipinski definition) is 4. The van der Waals surface area contributed by atoms with Crippen LogP contribution < -0.4 is 0 Å². The third-order valence-corrected chi connectivity index (χ3v) is 11.3. The fourth-order valence-corrected chi connectivity index (χ4v) is 7.59. The fraction of sp³-hybridized carbons (Fsp3) is 0.867. The maximum Gasteiger partial charge on any atom is 0.306 e. The van der Waals surface area contributed by atoms with Gasteiger partial charge in [-0.25, -0.2) is 0 Å². The van der Waals surface area contributed by atoms with E-state index in [0.29, 0.717) is 12.8 Å². The molecule has 0 aromatic heterocycles. The second kappa shape index (κ2) is 35.8. The third-order valence-electron chi connectivity index (χ3n) is 10.5. The van der Waals surface area contributed by atoms with E-state index in [4.69, 9.17) is 18.9 Å². The van der Waals surface area contributed by atoms with Crippen molar-refractivity contribution < 1.29 is 56.8 Å². The van der Waals surface area contributed by atoms with Gasteiger partial charge in [-0.15, -0.1) is 0 Å². The topological polar surface area (TPSA) is 186 Å². The zero-order valence-corrected chi connectivity index (χ0v) is 37.0. The van der Waals surface area contributed by atoms with Crippen LogP contribution >= 0.6 is 0 Å². The van der Waals surface area contributed by atoms with Gasteiger partial charge in [0.1, 0.15) is 36.8 Å². The summed E-state index contributed by atoms with van der Waals surface area (Å²) < 4.78 is 54.0. The van der Waals surface area contributed by atoms with Gasteiger partial charge in [-0.3, -0.25) is 14.1 Å². The minimum Gasteiger partial charge on any atom is -0.462 e. The first-order chi connectivity index (χ1) is 28.0. The lowest BCUT2D eigenvalue weighted by Crippen LogP contribution is -2.60. The lowest BCUT2D eigenvalue weighted by molar-refractivity contribution is -0.297. The Hall–Kier alpha value is -1.87. The molecule has 1 saturated heterocycles. The standard InChI is InChI=1S/C45H82O12S/c1-3-5-7-9-11-13-15-17-19-21-23-25-27-29-31-33-40(46)54-35-38(36-55-45-44(50)43(49)42(48)39(57-45)37-58(51,52)53)56-41(47)34-32-30-28-26-24-22-20-18-16-14-12-10-8-6-4-2/h14,16,21,23,38-39,42-45,48-50H,3-13,15,17-20,22,24-37H2,1-2H3,(H,51,52,53)/b16-14+,23-21+/t38-,39-,42-,43?,44?,45+/m1/s1. The van der Waals surface area contributed by atoms with Crippen LogP contribution in [0.2, 0.25) is 0 Å². The Labute approximate surface area is 351 Å². The molecule has 13 heteroatoms. The summed E-state index contributed by atoms with van der Waals surface area (Å²) in [6.07, 6.45) is 29.3. The van der Waals surface area contributed by atoms with Crippen molar-refractivity contribution >= 4 is 22.1 Å². The lowest BCUT2D eigenvalue weighted by Gasteiger charge is -2.40. The molecule has 58 heavy (non-hydrogen) atoms. The summed E-state index contributed by atoms with van der Waals surface area (Å²) in [6.45, 7) is 3.73. The summed E-state index contributed by atoms with van der Waals surface area (Å²) in [7, 11) is -4.60. The zero-order chi connectivity index (χ0) is 42.7. The molecule has 0 aliphatic carbocycles. The van der Waals surface area contributed by atoms with Crippen molar-refractivity contribution in [3.05, 3.63) is 24.3 Å². The van der Waals surface area contributed by atoms with Crippen LogP contribution in [0.3, 0.4) is 0 Å². The number of esters is 2. The monoisotopic (exact) mass is 847 g/mol. The van der Waals surface area contributed by atoms with Crippen LogP contribution in [-0.4, -0.2) is 96.0 Å². The Morgan fingerprint density at radius 2 is 0.983 bits per heavy atom. The first-order valence-corrected chi connectivity index (χ1v) is 24.5. The molecule has 1 rings (SSSR count). The Morgan fingerprint density at radius 3 is 1.47 bits per heavy atom. The Bertz CT molecular complexity index is 1180. The van der Waals surface area contributed by atoms with Gasteiger partial charge < -0.3 is 34.3 Å². The largest absolute Gasteiger partial charge is 0.462 e. The van der Waals surface area contributed by atoms with Crippen LogP contribution in [0.5, 0.6) is 0 Å². The molecule has 0 aromatic rings. The van der Waals surface area contributed by atoms with Crippen LogP contribution in [0.1, 0.15) is 194 Å². The van der Waals surface area contributed by atoms with Crippen LogP contribution in [0.15, 0.2) is 24.3 Å². The van der Waals surface area contributed by atoms with E-state index < -0.39 is 71.2 Å². The highest BCUT2D eigenvalue weighted by Crippen LogP contribution is 2.24. The Morgan fingerprint density at radius 1 is 0.569 bits per heavy atom.